The molecule has 0 fully saturated rings. The summed E-state index contributed by atoms with van der Waals surface area (Å²) in [6, 6.07) is 4.64. The number of amides is 1. The largest absolute Gasteiger partial charge is 0.368 e. The third-order valence-corrected chi connectivity index (χ3v) is 2.39. The van der Waals surface area contributed by atoms with Gasteiger partial charge in [-0.05, 0) is 24.1 Å². The first-order valence-corrected chi connectivity index (χ1v) is 4.48. The molecule has 14 heavy (non-hydrogen) atoms. The van der Waals surface area contributed by atoms with Crippen molar-refractivity contribution in [3.8, 4) is 0 Å². The number of carbonyl (C=O) groups is 1. The molecule has 74 valence electrons. The van der Waals surface area contributed by atoms with Crippen molar-refractivity contribution in [1.82, 2.24) is 0 Å². The molecule has 1 aromatic rings. The van der Waals surface area contributed by atoms with E-state index in [2.05, 4.69) is 0 Å². The number of hydrogen-bond acceptors (Lipinski definition) is 2. The Labute approximate surface area is 81.3 Å². The summed E-state index contributed by atoms with van der Waals surface area (Å²) in [7, 11) is 0. The Balaban J connectivity index is 2.28. The van der Waals surface area contributed by atoms with Crippen LogP contribution < -0.4 is 10.6 Å². The highest BCUT2D eigenvalue weighted by Gasteiger charge is 2.20. The van der Waals surface area contributed by atoms with Gasteiger partial charge < -0.3 is 10.6 Å². The summed E-state index contributed by atoms with van der Waals surface area (Å²) in [5, 5.41) is 0. The van der Waals surface area contributed by atoms with Gasteiger partial charge in [0.15, 0.2) is 0 Å². The lowest BCUT2D eigenvalue weighted by atomic mass is 10.2. The molecule has 1 aromatic carbocycles. The molecule has 0 saturated carbocycles. The van der Waals surface area contributed by atoms with Crippen LogP contribution in [0.15, 0.2) is 18.2 Å². The first-order chi connectivity index (χ1) is 6.66. The number of primary amides is 1. The number of hydrogen-bond donors (Lipinski definition) is 1. The Kier molecular flexibility index (Phi) is 2.11. The summed E-state index contributed by atoms with van der Waals surface area (Å²) in [6.45, 7) is 0.901. The summed E-state index contributed by atoms with van der Waals surface area (Å²) in [6.07, 6.45) is 0.850. The molecule has 0 radical (unpaired) electrons. The predicted molar refractivity (Wildman–Crippen MR) is 51.5 cm³/mol. The topological polar surface area (TPSA) is 46.3 Å². The number of halogens is 1. The molecule has 0 aliphatic carbocycles. The fraction of sp³-hybridized carbons (Fsp3) is 0.300. The third kappa shape index (κ3) is 1.55. The maximum atomic E-state index is 12.9. The molecule has 3 nitrogen and oxygen atoms in total. The van der Waals surface area contributed by atoms with E-state index in [1.807, 2.05) is 0 Å². The number of carbonyl (C=O) groups excluding carboxylic acids is 1. The molecule has 4 heteroatoms. The Morgan fingerprint density at radius 3 is 3.07 bits per heavy atom. The Hall–Kier alpha value is -1.58. The van der Waals surface area contributed by atoms with Crippen molar-refractivity contribution in [3.63, 3.8) is 0 Å². The van der Waals surface area contributed by atoms with Gasteiger partial charge in [-0.15, -0.1) is 0 Å². The van der Waals surface area contributed by atoms with Crippen molar-refractivity contribution in [3.05, 3.63) is 29.6 Å². The van der Waals surface area contributed by atoms with Crippen molar-refractivity contribution in [2.75, 3.05) is 18.0 Å². The zero-order valence-electron chi connectivity index (χ0n) is 7.66. The molecule has 1 aliphatic rings. The van der Waals surface area contributed by atoms with Crippen LogP contribution in [0, 0.1) is 5.82 Å². The van der Waals surface area contributed by atoms with Crippen molar-refractivity contribution < 1.29 is 9.18 Å². The number of rotatable bonds is 2. The molecule has 0 spiro atoms. The van der Waals surface area contributed by atoms with Crippen molar-refractivity contribution in [2.45, 2.75) is 6.42 Å². The number of nitrogens with zero attached hydrogens (tertiary/aromatic N) is 1. The molecular weight excluding hydrogens is 183 g/mol. The van der Waals surface area contributed by atoms with Gasteiger partial charge in [-0.25, -0.2) is 4.39 Å². The maximum Gasteiger partial charge on any atom is 0.236 e. The SMILES string of the molecule is NC(=O)CN1CCc2ccc(F)cc21. The van der Waals surface area contributed by atoms with Gasteiger partial charge in [0.25, 0.3) is 0 Å². The summed E-state index contributed by atoms with van der Waals surface area (Å²) in [5.74, 6) is -0.665. The molecule has 0 aromatic heterocycles. The molecule has 2 N–H and O–H groups in total. The third-order valence-electron chi connectivity index (χ3n) is 2.39. The van der Waals surface area contributed by atoms with E-state index in [1.54, 1.807) is 11.0 Å². The normalized spacial score (nSPS) is 14.2. The predicted octanol–water partition coefficient (Wildman–Crippen LogP) is 0.674. The highest BCUT2D eigenvalue weighted by molar-refractivity contribution is 5.80. The molecule has 1 heterocycles. The number of anilines is 1. The van der Waals surface area contributed by atoms with Gasteiger partial charge in [0.2, 0.25) is 5.91 Å². The lowest BCUT2D eigenvalue weighted by molar-refractivity contribution is -0.116. The van der Waals surface area contributed by atoms with E-state index in [4.69, 9.17) is 5.73 Å². The summed E-state index contributed by atoms with van der Waals surface area (Å²) < 4.78 is 12.9. The zero-order valence-corrected chi connectivity index (χ0v) is 7.66. The average molecular weight is 194 g/mol. The fourth-order valence-corrected chi connectivity index (χ4v) is 1.77. The van der Waals surface area contributed by atoms with Crippen LogP contribution in [0.5, 0.6) is 0 Å². The quantitative estimate of drug-likeness (QED) is 0.752. The molecule has 0 saturated heterocycles. The van der Waals surface area contributed by atoms with Crippen LogP contribution >= 0.6 is 0 Å². The maximum absolute atomic E-state index is 12.9. The lowest BCUT2D eigenvalue weighted by Gasteiger charge is -2.16. The van der Waals surface area contributed by atoms with Gasteiger partial charge in [0, 0.05) is 12.2 Å². The van der Waals surface area contributed by atoms with E-state index in [0.717, 1.165) is 24.2 Å². The monoisotopic (exact) mass is 194 g/mol. The van der Waals surface area contributed by atoms with Crippen LogP contribution in [0.4, 0.5) is 10.1 Å². The van der Waals surface area contributed by atoms with Crippen molar-refractivity contribution >= 4 is 11.6 Å². The highest BCUT2D eigenvalue weighted by Crippen LogP contribution is 2.27. The second-order valence-electron chi connectivity index (χ2n) is 3.41. The zero-order chi connectivity index (χ0) is 10.1. The Bertz CT molecular complexity index is 378. The van der Waals surface area contributed by atoms with Crippen molar-refractivity contribution in [2.24, 2.45) is 5.73 Å². The van der Waals surface area contributed by atoms with E-state index in [-0.39, 0.29) is 18.3 Å². The second kappa shape index (κ2) is 3.29. The Morgan fingerprint density at radius 2 is 2.36 bits per heavy atom. The molecule has 2 rings (SSSR count). The van der Waals surface area contributed by atoms with Crippen molar-refractivity contribution in [1.29, 1.82) is 0 Å². The van der Waals surface area contributed by atoms with Gasteiger partial charge >= 0.3 is 0 Å². The van der Waals surface area contributed by atoms with E-state index < -0.39 is 0 Å². The molecule has 0 bridgehead atoms. The van der Waals surface area contributed by atoms with Gasteiger partial charge in [0.1, 0.15) is 5.82 Å². The standard InChI is InChI=1S/C10H11FN2O/c11-8-2-1-7-3-4-13(6-10(12)14)9(7)5-8/h1-2,5H,3-4,6H2,(H2,12,14). The minimum atomic E-state index is -0.387. The minimum Gasteiger partial charge on any atom is -0.368 e. The van der Waals surface area contributed by atoms with Crippen LogP contribution in [-0.4, -0.2) is 19.0 Å². The smallest absolute Gasteiger partial charge is 0.236 e. The average Bonchev–Trinajstić information content (AvgIpc) is 2.47. The minimum absolute atomic E-state index is 0.163. The number of fused-ring (bicyclic) bond motifs is 1. The van der Waals surface area contributed by atoms with Gasteiger partial charge in [0.05, 0.1) is 6.54 Å². The molecule has 0 unspecified atom stereocenters. The lowest BCUT2D eigenvalue weighted by Crippen LogP contribution is -2.32. The molecule has 1 amide bonds. The van der Waals surface area contributed by atoms with Crippen LogP contribution in [0.3, 0.4) is 0 Å². The van der Waals surface area contributed by atoms with Gasteiger partial charge in [-0.3, -0.25) is 4.79 Å². The number of nitrogens with two attached hydrogens (primary N) is 1. The first-order valence-electron chi connectivity index (χ1n) is 4.48. The van der Waals surface area contributed by atoms with Gasteiger partial charge in [-0.1, -0.05) is 6.07 Å². The first kappa shape index (κ1) is 8.99. The van der Waals surface area contributed by atoms with Crippen LogP contribution in [0.25, 0.3) is 0 Å². The van der Waals surface area contributed by atoms with Crippen LogP contribution in [0.1, 0.15) is 5.56 Å². The molecular formula is C10H11FN2O. The summed E-state index contributed by atoms with van der Waals surface area (Å²) >= 11 is 0. The fourth-order valence-electron chi connectivity index (χ4n) is 1.77. The van der Waals surface area contributed by atoms with E-state index in [1.165, 1.54) is 12.1 Å². The molecule has 0 atom stereocenters. The van der Waals surface area contributed by atoms with Gasteiger partial charge in [-0.2, -0.15) is 0 Å². The highest BCUT2D eigenvalue weighted by atomic mass is 19.1. The molecule has 1 aliphatic heterocycles. The Morgan fingerprint density at radius 1 is 1.57 bits per heavy atom. The van der Waals surface area contributed by atoms with E-state index >= 15 is 0 Å². The van der Waals surface area contributed by atoms with Crippen LogP contribution in [0.2, 0.25) is 0 Å². The van der Waals surface area contributed by atoms with E-state index in [0.29, 0.717) is 0 Å². The van der Waals surface area contributed by atoms with Crippen LogP contribution in [-0.2, 0) is 11.2 Å². The summed E-state index contributed by atoms with van der Waals surface area (Å²) in [4.78, 5) is 12.5. The van der Waals surface area contributed by atoms with E-state index in [9.17, 15) is 9.18 Å². The summed E-state index contributed by atoms with van der Waals surface area (Å²) in [5.41, 5.74) is 6.96. The second-order valence-corrected chi connectivity index (χ2v) is 3.41. The number of benzene rings is 1.